The summed E-state index contributed by atoms with van der Waals surface area (Å²) in [7, 11) is 1.28. The summed E-state index contributed by atoms with van der Waals surface area (Å²) in [6.07, 6.45) is 5.75. The summed E-state index contributed by atoms with van der Waals surface area (Å²) in [5, 5.41) is 10.4. The number of nitrogens with one attached hydrogen (secondary N) is 1. The fourth-order valence-electron chi connectivity index (χ4n) is 1.59. The van der Waals surface area contributed by atoms with Crippen molar-refractivity contribution in [1.29, 1.82) is 0 Å². The van der Waals surface area contributed by atoms with E-state index < -0.39 is 5.97 Å². The van der Waals surface area contributed by atoms with Gasteiger partial charge in [-0.3, -0.25) is 9.48 Å². The summed E-state index contributed by atoms with van der Waals surface area (Å²) in [6.45, 7) is 2.22. The number of nitrogens with zero attached hydrogens (tertiary/aromatic N) is 4. The number of aromatic nitrogens is 4. The first-order valence-electron chi connectivity index (χ1n) is 6.43. The molecule has 2 aromatic rings. The zero-order chi connectivity index (χ0) is 15.9. The Kier molecular flexibility index (Phi) is 5.02. The van der Waals surface area contributed by atoms with Crippen molar-refractivity contribution in [2.75, 3.05) is 13.7 Å². The van der Waals surface area contributed by atoms with E-state index in [0.717, 1.165) is 0 Å². The Bertz CT molecular complexity index is 688. The smallest absolute Gasteiger partial charge is 0.330 e. The van der Waals surface area contributed by atoms with E-state index in [4.69, 9.17) is 4.52 Å². The van der Waals surface area contributed by atoms with Gasteiger partial charge in [0.1, 0.15) is 6.54 Å². The minimum Gasteiger partial charge on any atom is -0.466 e. The minimum atomic E-state index is -0.475. The lowest BCUT2D eigenvalue weighted by atomic mass is 10.3. The largest absolute Gasteiger partial charge is 0.466 e. The van der Waals surface area contributed by atoms with Crippen LogP contribution in [0.5, 0.6) is 0 Å². The topological polar surface area (TPSA) is 112 Å². The van der Waals surface area contributed by atoms with Crippen molar-refractivity contribution < 1.29 is 18.8 Å². The first-order valence-corrected chi connectivity index (χ1v) is 6.43. The molecule has 0 unspecified atom stereocenters. The molecule has 0 aromatic carbocycles. The molecule has 22 heavy (non-hydrogen) atoms. The van der Waals surface area contributed by atoms with Crippen LogP contribution in [0.15, 0.2) is 29.1 Å². The van der Waals surface area contributed by atoms with Crippen LogP contribution in [0.2, 0.25) is 0 Å². The SMILES string of the molecule is COC(=O)/C=C/CNC(=O)c1cnn(Cc2noc(C)n2)c1. The molecule has 0 saturated heterocycles. The van der Waals surface area contributed by atoms with Crippen molar-refractivity contribution in [3.8, 4) is 0 Å². The number of rotatable bonds is 6. The van der Waals surface area contributed by atoms with Crippen molar-refractivity contribution in [2.45, 2.75) is 13.5 Å². The number of aryl methyl sites for hydroxylation is 1. The van der Waals surface area contributed by atoms with Crippen molar-refractivity contribution in [2.24, 2.45) is 0 Å². The molecule has 1 amide bonds. The summed E-state index contributed by atoms with van der Waals surface area (Å²) in [6, 6.07) is 0. The summed E-state index contributed by atoms with van der Waals surface area (Å²) in [5.41, 5.74) is 0.395. The third kappa shape index (κ3) is 4.27. The van der Waals surface area contributed by atoms with E-state index in [1.165, 1.54) is 30.1 Å². The molecule has 0 aliphatic heterocycles. The first-order chi connectivity index (χ1) is 10.6. The lowest BCUT2D eigenvalue weighted by Crippen LogP contribution is -2.23. The van der Waals surface area contributed by atoms with Gasteiger partial charge in [-0.05, 0) is 0 Å². The van der Waals surface area contributed by atoms with Crippen LogP contribution >= 0.6 is 0 Å². The number of carbonyl (C=O) groups excluding carboxylic acids is 2. The Hall–Kier alpha value is -2.97. The molecule has 0 aliphatic carbocycles. The maximum absolute atomic E-state index is 11.9. The molecule has 2 heterocycles. The van der Waals surface area contributed by atoms with Gasteiger partial charge in [0.2, 0.25) is 5.89 Å². The molecule has 0 radical (unpaired) electrons. The molecule has 0 spiro atoms. The highest BCUT2D eigenvalue weighted by molar-refractivity contribution is 5.93. The lowest BCUT2D eigenvalue weighted by Gasteiger charge is -1.98. The standard InChI is InChI=1S/C13H15N5O4/c1-9-16-11(17-22-9)8-18-7-10(6-15-18)13(20)14-5-3-4-12(19)21-2/h3-4,6-7H,5,8H2,1-2H3,(H,14,20)/b4-3+. The lowest BCUT2D eigenvalue weighted by molar-refractivity contribution is -0.134. The van der Waals surface area contributed by atoms with Gasteiger partial charge in [0.25, 0.3) is 5.91 Å². The number of esters is 1. The van der Waals surface area contributed by atoms with Crippen LogP contribution in [-0.2, 0) is 16.1 Å². The van der Waals surface area contributed by atoms with Gasteiger partial charge in [-0.25, -0.2) is 4.79 Å². The molecule has 0 aliphatic rings. The number of ether oxygens (including phenoxy) is 1. The fraction of sp³-hybridized carbons (Fsp3) is 0.308. The molecular formula is C13H15N5O4. The van der Waals surface area contributed by atoms with Gasteiger partial charge in [-0.2, -0.15) is 10.1 Å². The summed E-state index contributed by atoms with van der Waals surface area (Å²) in [5.74, 6) is 0.175. The predicted octanol–water partition coefficient (Wildman–Crippen LogP) is 0.0818. The molecule has 2 rings (SSSR count). The molecule has 0 bridgehead atoms. The van der Waals surface area contributed by atoms with Crippen LogP contribution in [-0.4, -0.2) is 45.5 Å². The normalized spacial score (nSPS) is 10.8. The average molecular weight is 305 g/mol. The van der Waals surface area contributed by atoms with E-state index in [2.05, 4.69) is 25.3 Å². The molecule has 9 nitrogen and oxygen atoms in total. The summed E-state index contributed by atoms with van der Waals surface area (Å²) in [4.78, 5) is 26.8. The van der Waals surface area contributed by atoms with Crippen LogP contribution in [0, 0.1) is 6.92 Å². The molecule has 2 aromatic heterocycles. The molecular weight excluding hydrogens is 290 g/mol. The van der Waals surface area contributed by atoms with Gasteiger partial charge in [0.15, 0.2) is 5.82 Å². The van der Waals surface area contributed by atoms with Gasteiger partial charge in [0.05, 0.1) is 18.9 Å². The highest BCUT2D eigenvalue weighted by Crippen LogP contribution is 2.01. The van der Waals surface area contributed by atoms with E-state index in [9.17, 15) is 9.59 Å². The van der Waals surface area contributed by atoms with Gasteiger partial charge in [-0.15, -0.1) is 0 Å². The number of hydrogen-bond acceptors (Lipinski definition) is 7. The Morgan fingerprint density at radius 2 is 2.32 bits per heavy atom. The van der Waals surface area contributed by atoms with Crippen molar-refractivity contribution >= 4 is 11.9 Å². The van der Waals surface area contributed by atoms with Crippen LogP contribution in [0.3, 0.4) is 0 Å². The van der Waals surface area contributed by atoms with E-state index in [-0.39, 0.29) is 12.5 Å². The van der Waals surface area contributed by atoms with Crippen molar-refractivity contribution in [1.82, 2.24) is 25.2 Å². The van der Waals surface area contributed by atoms with Crippen molar-refractivity contribution in [3.05, 3.63) is 41.8 Å². The Balaban J connectivity index is 1.86. The highest BCUT2D eigenvalue weighted by Gasteiger charge is 2.09. The van der Waals surface area contributed by atoms with Crippen LogP contribution in [0.1, 0.15) is 22.1 Å². The molecule has 9 heteroatoms. The summed E-state index contributed by atoms with van der Waals surface area (Å²) >= 11 is 0. The van der Waals surface area contributed by atoms with Gasteiger partial charge in [0, 0.05) is 25.7 Å². The fourth-order valence-corrected chi connectivity index (χ4v) is 1.59. The Labute approximate surface area is 125 Å². The average Bonchev–Trinajstić information content (AvgIpc) is 3.13. The number of methoxy groups -OCH3 is 1. The van der Waals surface area contributed by atoms with Crippen LogP contribution in [0.25, 0.3) is 0 Å². The van der Waals surface area contributed by atoms with Gasteiger partial charge < -0.3 is 14.6 Å². The zero-order valence-corrected chi connectivity index (χ0v) is 12.1. The number of carbonyl (C=O) groups is 2. The molecule has 0 fully saturated rings. The molecule has 1 N–H and O–H groups in total. The summed E-state index contributed by atoms with van der Waals surface area (Å²) < 4.78 is 10.8. The quantitative estimate of drug-likeness (QED) is 0.594. The maximum Gasteiger partial charge on any atom is 0.330 e. The molecule has 116 valence electrons. The maximum atomic E-state index is 11.9. The Morgan fingerprint density at radius 1 is 1.50 bits per heavy atom. The second-order valence-electron chi connectivity index (χ2n) is 4.29. The molecule has 0 saturated carbocycles. The van der Waals surface area contributed by atoms with E-state index in [0.29, 0.717) is 23.8 Å². The van der Waals surface area contributed by atoms with E-state index >= 15 is 0 Å². The van der Waals surface area contributed by atoms with E-state index in [1.54, 1.807) is 13.1 Å². The van der Waals surface area contributed by atoms with E-state index in [1.807, 2.05) is 0 Å². The van der Waals surface area contributed by atoms with Crippen LogP contribution in [0.4, 0.5) is 0 Å². The second kappa shape index (κ2) is 7.16. The second-order valence-corrected chi connectivity index (χ2v) is 4.29. The van der Waals surface area contributed by atoms with Crippen LogP contribution < -0.4 is 5.32 Å². The third-order valence-corrected chi connectivity index (χ3v) is 2.60. The third-order valence-electron chi connectivity index (χ3n) is 2.60. The zero-order valence-electron chi connectivity index (χ0n) is 12.1. The molecule has 0 atom stereocenters. The van der Waals surface area contributed by atoms with Crippen molar-refractivity contribution in [3.63, 3.8) is 0 Å². The highest BCUT2D eigenvalue weighted by atomic mass is 16.5. The minimum absolute atomic E-state index is 0.211. The predicted molar refractivity (Wildman–Crippen MR) is 73.9 cm³/mol. The first kappa shape index (κ1) is 15.4. The van der Waals surface area contributed by atoms with Gasteiger partial charge in [-0.1, -0.05) is 11.2 Å². The van der Waals surface area contributed by atoms with Gasteiger partial charge >= 0.3 is 5.97 Å². The Morgan fingerprint density at radius 3 is 3.00 bits per heavy atom. The number of hydrogen-bond donors (Lipinski definition) is 1. The monoisotopic (exact) mass is 305 g/mol. The number of amides is 1.